The molecule has 0 amide bonds. The molecular weight excluding hydrogens is 222 g/mol. The summed E-state index contributed by atoms with van der Waals surface area (Å²) in [6.07, 6.45) is 2.81. The summed E-state index contributed by atoms with van der Waals surface area (Å²) in [5.41, 5.74) is 1.32. The van der Waals surface area contributed by atoms with Gasteiger partial charge in [-0.2, -0.15) is 0 Å². The molecule has 3 rings (SSSR count). The predicted octanol–water partition coefficient (Wildman–Crippen LogP) is 2.75. The zero-order valence-corrected chi connectivity index (χ0v) is 11.0. The first-order chi connectivity index (χ1) is 8.72. The van der Waals surface area contributed by atoms with E-state index >= 15 is 0 Å². The van der Waals surface area contributed by atoms with Crippen LogP contribution in [0.25, 0.3) is 0 Å². The first-order valence-electron chi connectivity index (χ1n) is 7.01. The fourth-order valence-corrected chi connectivity index (χ4v) is 3.75. The highest BCUT2D eigenvalue weighted by Gasteiger charge is 2.49. The number of Topliss-reactive ketones (excluding diaryl/α,β-unsaturated/α-hetero) is 1. The Balaban J connectivity index is 1.87. The standard InChI is InChI=1S/C16H21NO/c1-12-10-17-11-16(12)9-14(7-8-15(16)18)13-5-3-2-4-6-13/h2-6,12,14,17H,7-11H2,1H3. The van der Waals surface area contributed by atoms with Gasteiger partial charge < -0.3 is 5.32 Å². The van der Waals surface area contributed by atoms with E-state index in [0.29, 0.717) is 17.6 Å². The van der Waals surface area contributed by atoms with Gasteiger partial charge >= 0.3 is 0 Å². The maximum Gasteiger partial charge on any atom is 0.140 e. The minimum Gasteiger partial charge on any atom is -0.315 e. The number of carbonyl (C=O) groups excluding carboxylic acids is 1. The molecule has 0 bridgehead atoms. The highest BCUT2D eigenvalue weighted by molar-refractivity contribution is 5.86. The minimum atomic E-state index is -0.0846. The van der Waals surface area contributed by atoms with Gasteiger partial charge in [-0.1, -0.05) is 37.3 Å². The van der Waals surface area contributed by atoms with Gasteiger partial charge in [0.05, 0.1) is 0 Å². The number of hydrogen-bond acceptors (Lipinski definition) is 2. The molecule has 1 spiro atoms. The van der Waals surface area contributed by atoms with Crippen LogP contribution in [0.1, 0.15) is 37.7 Å². The molecule has 96 valence electrons. The summed E-state index contributed by atoms with van der Waals surface area (Å²) in [5.74, 6) is 1.54. The fourth-order valence-electron chi connectivity index (χ4n) is 3.75. The van der Waals surface area contributed by atoms with E-state index in [4.69, 9.17) is 0 Å². The third-order valence-corrected chi connectivity index (χ3v) is 4.99. The second-order valence-electron chi connectivity index (χ2n) is 5.96. The highest BCUT2D eigenvalue weighted by atomic mass is 16.1. The monoisotopic (exact) mass is 243 g/mol. The molecule has 2 nitrogen and oxygen atoms in total. The quantitative estimate of drug-likeness (QED) is 0.821. The Morgan fingerprint density at radius 2 is 2.06 bits per heavy atom. The van der Waals surface area contributed by atoms with Crippen LogP contribution in [0.5, 0.6) is 0 Å². The molecule has 3 atom stereocenters. The van der Waals surface area contributed by atoms with E-state index in [-0.39, 0.29) is 5.41 Å². The zero-order chi connectivity index (χ0) is 12.6. The van der Waals surface area contributed by atoms with E-state index in [1.807, 2.05) is 0 Å². The Morgan fingerprint density at radius 3 is 2.72 bits per heavy atom. The molecule has 0 aromatic heterocycles. The summed E-state index contributed by atoms with van der Waals surface area (Å²) < 4.78 is 0. The number of benzene rings is 1. The molecule has 1 saturated heterocycles. The van der Waals surface area contributed by atoms with Crippen molar-refractivity contribution in [1.82, 2.24) is 5.32 Å². The Bertz CT molecular complexity index is 442. The third kappa shape index (κ3) is 1.79. The molecule has 3 unspecified atom stereocenters. The number of rotatable bonds is 1. The summed E-state index contributed by atoms with van der Waals surface area (Å²) in [7, 11) is 0. The van der Waals surface area contributed by atoms with Gasteiger partial charge in [-0.3, -0.25) is 4.79 Å². The first-order valence-corrected chi connectivity index (χ1v) is 7.01. The van der Waals surface area contributed by atoms with E-state index in [2.05, 4.69) is 42.6 Å². The lowest BCUT2D eigenvalue weighted by Gasteiger charge is -2.39. The molecule has 1 aromatic carbocycles. The molecule has 1 heterocycles. The average Bonchev–Trinajstić information content (AvgIpc) is 2.76. The van der Waals surface area contributed by atoms with Crippen LogP contribution in [-0.4, -0.2) is 18.9 Å². The van der Waals surface area contributed by atoms with Crippen molar-refractivity contribution in [3.63, 3.8) is 0 Å². The van der Waals surface area contributed by atoms with Crippen molar-refractivity contribution >= 4 is 5.78 Å². The van der Waals surface area contributed by atoms with Gasteiger partial charge in [0, 0.05) is 18.4 Å². The van der Waals surface area contributed by atoms with Crippen molar-refractivity contribution in [3.8, 4) is 0 Å². The van der Waals surface area contributed by atoms with Crippen LogP contribution < -0.4 is 5.32 Å². The Hall–Kier alpha value is -1.15. The molecule has 2 aliphatic rings. The maximum atomic E-state index is 12.4. The first kappa shape index (κ1) is 11.9. The SMILES string of the molecule is CC1CNCC12CC(c1ccccc1)CCC2=O. The maximum absolute atomic E-state index is 12.4. The van der Waals surface area contributed by atoms with Gasteiger partial charge in [-0.25, -0.2) is 0 Å². The predicted molar refractivity (Wildman–Crippen MR) is 72.5 cm³/mol. The van der Waals surface area contributed by atoms with Crippen LogP contribution in [0.3, 0.4) is 0 Å². The van der Waals surface area contributed by atoms with Gasteiger partial charge in [-0.15, -0.1) is 0 Å². The lowest BCUT2D eigenvalue weighted by Crippen LogP contribution is -2.42. The second-order valence-corrected chi connectivity index (χ2v) is 5.96. The van der Waals surface area contributed by atoms with Gasteiger partial charge in [0.1, 0.15) is 5.78 Å². The average molecular weight is 243 g/mol. The Labute approximate surface area is 109 Å². The molecule has 2 fully saturated rings. The van der Waals surface area contributed by atoms with Crippen molar-refractivity contribution in [3.05, 3.63) is 35.9 Å². The van der Waals surface area contributed by atoms with E-state index in [1.165, 1.54) is 5.56 Å². The number of ketones is 1. The lowest BCUT2D eigenvalue weighted by molar-refractivity contribution is -0.132. The largest absolute Gasteiger partial charge is 0.315 e. The Kier molecular flexibility index (Phi) is 2.98. The normalized spacial score (nSPS) is 36.2. The second kappa shape index (κ2) is 4.51. The lowest BCUT2D eigenvalue weighted by atomic mass is 9.63. The molecule has 1 saturated carbocycles. The van der Waals surface area contributed by atoms with E-state index in [0.717, 1.165) is 32.4 Å². The van der Waals surface area contributed by atoms with Crippen molar-refractivity contribution in [2.24, 2.45) is 11.3 Å². The van der Waals surface area contributed by atoms with Gasteiger partial charge in [0.2, 0.25) is 0 Å². The zero-order valence-electron chi connectivity index (χ0n) is 11.0. The van der Waals surface area contributed by atoms with Crippen LogP contribution in [0.15, 0.2) is 30.3 Å². The summed E-state index contributed by atoms with van der Waals surface area (Å²) in [6, 6.07) is 10.7. The number of carbonyl (C=O) groups is 1. The van der Waals surface area contributed by atoms with Crippen LogP contribution in [0.4, 0.5) is 0 Å². The van der Waals surface area contributed by atoms with Gasteiger partial charge in [-0.05, 0) is 36.8 Å². The molecule has 1 aliphatic carbocycles. The smallest absolute Gasteiger partial charge is 0.140 e. The van der Waals surface area contributed by atoms with Crippen molar-refractivity contribution in [1.29, 1.82) is 0 Å². The van der Waals surface area contributed by atoms with Gasteiger partial charge in [0.25, 0.3) is 0 Å². The number of hydrogen-bond donors (Lipinski definition) is 1. The molecular formula is C16H21NO. The highest BCUT2D eigenvalue weighted by Crippen LogP contribution is 2.47. The summed E-state index contributed by atoms with van der Waals surface area (Å²) in [4.78, 5) is 12.4. The van der Waals surface area contributed by atoms with Crippen LogP contribution in [0.2, 0.25) is 0 Å². The van der Waals surface area contributed by atoms with Crippen LogP contribution in [-0.2, 0) is 4.79 Å². The summed E-state index contributed by atoms with van der Waals surface area (Å²) in [5, 5.41) is 3.41. The Morgan fingerprint density at radius 1 is 1.28 bits per heavy atom. The summed E-state index contributed by atoms with van der Waals surface area (Å²) in [6.45, 7) is 4.11. The van der Waals surface area contributed by atoms with Crippen LogP contribution in [0, 0.1) is 11.3 Å². The van der Waals surface area contributed by atoms with Crippen molar-refractivity contribution in [2.75, 3.05) is 13.1 Å². The molecule has 2 heteroatoms. The van der Waals surface area contributed by atoms with E-state index in [1.54, 1.807) is 0 Å². The summed E-state index contributed by atoms with van der Waals surface area (Å²) >= 11 is 0. The molecule has 1 N–H and O–H groups in total. The molecule has 0 radical (unpaired) electrons. The van der Waals surface area contributed by atoms with E-state index in [9.17, 15) is 4.79 Å². The van der Waals surface area contributed by atoms with E-state index < -0.39 is 0 Å². The topological polar surface area (TPSA) is 29.1 Å². The molecule has 18 heavy (non-hydrogen) atoms. The van der Waals surface area contributed by atoms with Crippen LogP contribution >= 0.6 is 0 Å². The van der Waals surface area contributed by atoms with Gasteiger partial charge in [0.15, 0.2) is 0 Å². The fraction of sp³-hybridized carbons (Fsp3) is 0.562. The minimum absolute atomic E-state index is 0.0846. The number of nitrogens with one attached hydrogen (secondary N) is 1. The molecule has 1 aliphatic heterocycles. The van der Waals surface area contributed by atoms with Crippen molar-refractivity contribution < 1.29 is 4.79 Å². The van der Waals surface area contributed by atoms with Crippen molar-refractivity contribution in [2.45, 2.75) is 32.1 Å². The third-order valence-electron chi connectivity index (χ3n) is 4.99. The molecule has 1 aromatic rings.